The minimum atomic E-state index is -0.275. The Kier molecular flexibility index (Phi) is 4.68. The maximum Gasteiger partial charge on any atom is 0.254 e. The van der Waals surface area contributed by atoms with Gasteiger partial charge in [-0.3, -0.25) is 9.59 Å². The van der Waals surface area contributed by atoms with E-state index in [1.165, 1.54) is 12.1 Å². The Morgan fingerprint density at radius 1 is 1.15 bits per heavy atom. The van der Waals surface area contributed by atoms with Crippen molar-refractivity contribution in [3.8, 4) is 0 Å². The topological polar surface area (TPSA) is 49.4 Å². The number of amides is 2. The van der Waals surface area contributed by atoms with E-state index in [0.717, 1.165) is 24.8 Å². The second-order valence-corrected chi connectivity index (χ2v) is 7.60. The van der Waals surface area contributed by atoms with Crippen LogP contribution in [0.2, 0.25) is 0 Å². The molecule has 1 N–H and O–H groups in total. The first-order valence-electron chi connectivity index (χ1n) is 9.50. The minimum Gasteiger partial charge on any atom is -0.332 e. The van der Waals surface area contributed by atoms with E-state index in [9.17, 15) is 14.0 Å². The highest BCUT2D eigenvalue weighted by atomic mass is 19.1. The molecule has 5 heteroatoms. The van der Waals surface area contributed by atoms with Gasteiger partial charge in [-0.1, -0.05) is 25.1 Å². The molecule has 0 radical (unpaired) electrons. The van der Waals surface area contributed by atoms with Gasteiger partial charge in [0.25, 0.3) is 5.91 Å². The van der Waals surface area contributed by atoms with Gasteiger partial charge in [0.2, 0.25) is 5.91 Å². The number of benzene rings is 2. The predicted molar refractivity (Wildman–Crippen MR) is 102 cm³/mol. The molecular weight excluding hydrogens is 343 g/mol. The molecule has 1 heterocycles. The summed E-state index contributed by atoms with van der Waals surface area (Å²) in [5.41, 5.74) is 2.17. The average molecular weight is 366 g/mol. The van der Waals surface area contributed by atoms with Crippen molar-refractivity contribution in [3.05, 3.63) is 65.5 Å². The number of nitrogens with one attached hydrogen (secondary N) is 1. The van der Waals surface area contributed by atoms with Gasteiger partial charge in [-0.15, -0.1) is 0 Å². The number of carbonyl (C=O) groups excluding carboxylic acids is 2. The van der Waals surface area contributed by atoms with Crippen molar-refractivity contribution in [1.82, 2.24) is 4.90 Å². The number of halogens is 1. The van der Waals surface area contributed by atoms with Gasteiger partial charge in [0, 0.05) is 23.7 Å². The quantitative estimate of drug-likeness (QED) is 0.872. The highest BCUT2D eigenvalue weighted by Crippen LogP contribution is 2.38. The smallest absolute Gasteiger partial charge is 0.254 e. The van der Waals surface area contributed by atoms with Crippen LogP contribution in [0.25, 0.3) is 0 Å². The summed E-state index contributed by atoms with van der Waals surface area (Å²) in [6.45, 7) is 2.74. The lowest BCUT2D eigenvalue weighted by molar-refractivity contribution is -0.117. The largest absolute Gasteiger partial charge is 0.332 e. The molecule has 2 amide bonds. The van der Waals surface area contributed by atoms with Crippen molar-refractivity contribution in [3.63, 3.8) is 0 Å². The Morgan fingerprint density at radius 3 is 2.59 bits per heavy atom. The Morgan fingerprint density at radius 2 is 1.89 bits per heavy atom. The Bertz CT molecular complexity index is 865. The van der Waals surface area contributed by atoms with Gasteiger partial charge >= 0.3 is 0 Å². The summed E-state index contributed by atoms with van der Waals surface area (Å²) >= 11 is 0. The number of anilines is 1. The number of hydrogen-bond donors (Lipinski definition) is 1. The first-order valence-corrected chi connectivity index (χ1v) is 9.50. The summed E-state index contributed by atoms with van der Waals surface area (Å²) in [7, 11) is 0. The van der Waals surface area contributed by atoms with Gasteiger partial charge in [-0.2, -0.15) is 0 Å². The molecule has 2 aromatic carbocycles. The van der Waals surface area contributed by atoms with Crippen LogP contribution >= 0.6 is 0 Å². The Hall–Kier alpha value is -2.69. The molecule has 0 bridgehead atoms. The van der Waals surface area contributed by atoms with E-state index in [2.05, 4.69) is 12.2 Å². The third-order valence-corrected chi connectivity index (χ3v) is 5.59. The average Bonchev–Trinajstić information content (AvgIpc) is 3.21. The molecule has 140 valence electrons. The van der Waals surface area contributed by atoms with Crippen LogP contribution < -0.4 is 5.32 Å². The standard InChI is InChI=1S/C22H23FN2O2/c1-14-12-19(14)21(26)24-18-5-2-4-16(13-18)22(27)25-11-3-6-20(25)15-7-9-17(23)10-8-15/h2,4-5,7-10,13-14,19-20H,3,6,11-12H2,1H3,(H,24,26). The fourth-order valence-electron chi connectivity index (χ4n) is 3.86. The van der Waals surface area contributed by atoms with Crippen LogP contribution in [0.4, 0.5) is 10.1 Å². The Balaban J connectivity index is 1.50. The number of carbonyl (C=O) groups is 2. The summed E-state index contributed by atoms with van der Waals surface area (Å²) in [6.07, 6.45) is 2.72. The number of likely N-dealkylation sites (tertiary alicyclic amines) is 1. The summed E-state index contributed by atoms with van der Waals surface area (Å²) in [4.78, 5) is 27.1. The maximum absolute atomic E-state index is 13.2. The number of hydrogen-bond acceptors (Lipinski definition) is 2. The van der Waals surface area contributed by atoms with E-state index >= 15 is 0 Å². The maximum atomic E-state index is 13.2. The molecule has 1 saturated heterocycles. The van der Waals surface area contributed by atoms with Gasteiger partial charge in [0.1, 0.15) is 5.82 Å². The van der Waals surface area contributed by atoms with Gasteiger partial charge < -0.3 is 10.2 Å². The molecule has 2 aromatic rings. The van der Waals surface area contributed by atoms with E-state index in [0.29, 0.717) is 23.7 Å². The molecule has 2 aliphatic rings. The third kappa shape index (κ3) is 3.72. The third-order valence-electron chi connectivity index (χ3n) is 5.59. The van der Waals surface area contributed by atoms with Gasteiger partial charge in [-0.25, -0.2) is 4.39 Å². The van der Waals surface area contributed by atoms with Crippen molar-refractivity contribution in [2.45, 2.75) is 32.2 Å². The first-order chi connectivity index (χ1) is 13.0. The molecule has 1 aliphatic carbocycles. The molecule has 1 saturated carbocycles. The van der Waals surface area contributed by atoms with Crippen LogP contribution in [-0.4, -0.2) is 23.3 Å². The zero-order valence-corrected chi connectivity index (χ0v) is 15.3. The molecule has 4 rings (SSSR count). The van der Waals surface area contributed by atoms with E-state index in [4.69, 9.17) is 0 Å². The van der Waals surface area contributed by atoms with Gasteiger partial charge in [-0.05, 0) is 61.1 Å². The summed E-state index contributed by atoms with van der Waals surface area (Å²) in [5, 5.41) is 2.92. The Labute approximate surface area is 158 Å². The SMILES string of the molecule is CC1CC1C(=O)Nc1cccc(C(=O)N2CCCC2c2ccc(F)cc2)c1. The monoisotopic (exact) mass is 366 g/mol. The molecule has 0 aromatic heterocycles. The number of nitrogens with zero attached hydrogens (tertiary/aromatic N) is 1. The molecule has 4 nitrogen and oxygen atoms in total. The molecule has 2 fully saturated rings. The fraction of sp³-hybridized carbons (Fsp3) is 0.364. The highest BCUT2D eigenvalue weighted by molar-refractivity contribution is 5.98. The van der Waals surface area contributed by atoms with Crippen LogP contribution in [0.15, 0.2) is 48.5 Å². The molecule has 3 unspecified atom stereocenters. The van der Waals surface area contributed by atoms with Crippen LogP contribution in [0.1, 0.15) is 48.1 Å². The summed E-state index contributed by atoms with van der Waals surface area (Å²) in [6, 6.07) is 13.5. The van der Waals surface area contributed by atoms with Gasteiger partial charge in [0.05, 0.1) is 6.04 Å². The van der Waals surface area contributed by atoms with Crippen molar-refractivity contribution < 1.29 is 14.0 Å². The van der Waals surface area contributed by atoms with E-state index < -0.39 is 0 Å². The second-order valence-electron chi connectivity index (χ2n) is 7.60. The molecule has 0 spiro atoms. The molecule has 3 atom stereocenters. The summed E-state index contributed by atoms with van der Waals surface area (Å²) < 4.78 is 13.2. The van der Waals surface area contributed by atoms with Crippen LogP contribution in [0.3, 0.4) is 0 Å². The zero-order valence-electron chi connectivity index (χ0n) is 15.3. The molecular formula is C22H23FN2O2. The predicted octanol–water partition coefficient (Wildman–Crippen LogP) is 4.40. The lowest BCUT2D eigenvalue weighted by atomic mass is 10.0. The lowest BCUT2D eigenvalue weighted by Crippen LogP contribution is -2.30. The number of rotatable bonds is 4. The summed E-state index contributed by atoms with van der Waals surface area (Å²) in [5.74, 6) is 0.222. The lowest BCUT2D eigenvalue weighted by Gasteiger charge is -2.25. The minimum absolute atomic E-state index is 0.0254. The van der Waals surface area contributed by atoms with E-state index in [1.54, 1.807) is 30.3 Å². The van der Waals surface area contributed by atoms with Crippen molar-refractivity contribution in [2.75, 3.05) is 11.9 Å². The molecule has 27 heavy (non-hydrogen) atoms. The van der Waals surface area contributed by atoms with E-state index in [1.807, 2.05) is 11.0 Å². The van der Waals surface area contributed by atoms with Crippen molar-refractivity contribution in [1.29, 1.82) is 0 Å². The van der Waals surface area contributed by atoms with Gasteiger partial charge in [0.15, 0.2) is 0 Å². The van der Waals surface area contributed by atoms with Crippen LogP contribution in [0.5, 0.6) is 0 Å². The first kappa shape index (κ1) is 17.7. The van der Waals surface area contributed by atoms with Crippen LogP contribution in [0, 0.1) is 17.7 Å². The van der Waals surface area contributed by atoms with E-state index in [-0.39, 0.29) is 29.6 Å². The zero-order chi connectivity index (χ0) is 19.0. The van der Waals surface area contributed by atoms with Crippen molar-refractivity contribution >= 4 is 17.5 Å². The highest BCUT2D eigenvalue weighted by Gasteiger charge is 2.39. The molecule has 1 aliphatic heterocycles. The fourth-order valence-corrected chi connectivity index (χ4v) is 3.86. The second kappa shape index (κ2) is 7.14. The van der Waals surface area contributed by atoms with Crippen molar-refractivity contribution in [2.24, 2.45) is 11.8 Å². The van der Waals surface area contributed by atoms with Crippen LogP contribution in [-0.2, 0) is 4.79 Å². The normalized spacial score (nSPS) is 23.9.